The zero-order chi connectivity index (χ0) is 11.6. The summed E-state index contributed by atoms with van der Waals surface area (Å²) in [6, 6.07) is 0.553. The second-order valence-electron chi connectivity index (χ2n) is 5.96. The van der Waals surface area contributed by atoms with Crippen LogP contribution >= 0.6 is 0 Å². The van der Waals surface area contributed by atoms with Gasteiger partial charge in [-0.05, 0) is 32.7 Å². The molecule has 0 radical (unpaired) electrons. The van der Waals surface area contributed by atoms with Gasteiger partial charge in [-0.25, -0.2) is 0 Å². The summed E-state index contributed by atoms with van der Waals surface area (Å²) in [5.41, 5.74) is 6.41. The molecule has 2 heteroatoms. The summed E-state index contributed by atoms with van der Waals surface area (Å²) in [5, 5.41) is 0. The first-order valence-electron chi connectivity index (χ1n) is 5.59. The molecule has 0 aromatic heterocycles. The Hall–Kier alpha value is -0.0800. The van der Waals surface area contributed by atoms with Crippen LogP contribution < -0.4 is 5.73 Å². The lowest BCUT2D eigenvalue weighted by molar-refractivity contribution is 0.116. The molecular weight excluding hydrogens is 172 g/mol. The van der Waals surface area contributed by atoms with Gasteiger partial charge in [-0.3, -0.25) is 0 Å². The average molecular weight is 200 g/mol. The highest BCUT2D eigenvalue weighted by atomic mass is 15.2. The zero-order valence-corrected chi connectivity index (χ0v) is 11.0. The van der Waals surface area contributed by atoms with E-state index in [-0.39, 0.29) is 5.54 Å². The van der Waals surface area contributed by atoms with Crippen LogP contribution in [0.15, 0.2) is 0 Å². The second kappa shape index (κ2) is 4.63. The first-order valence-corrected chi connectivity index (χ1v) is 5.59. The number of hydrogen-bond donors (Lipinski definition) is 1. The third-order valence-corrected chi connectivity index (χ3v) is 3.33. The minimum Gasteiger partial charge on any atom is -0.324 e. The van der Waals surface area contributed by atoms with Crippen molar-refractivity contribution in [3.05, 3.63) is 0 Å². The molecule has 0 aliphatic carbocycles. The highest BCUT2D eigenvalue weighted by Gasteiger charge is 2.27. The van der Waals surface area contributed by atoms with E-state index in [9.17, 15) is 0 Å². The van der Waals surface area contributed by atoms with Gasteiger partial charge in [0.2, 0.25) is 0 Å². The molecule has 0 aliphatic heterocycles. The highest BCUT2D eigenvalue weighted by Crippen LogP contribution is 2.24. The van der Waals surface area contributed by atoms with Crippen molar-refractivity contribution in [2.45, 2.75) is 59.5 Å². The van der Waals surface area contributed by atoms with Crippen LogP contribution in [-0.2, 0) is 0 Å². The molecule has 0 aromatic carbocycles. The maximum atomic E-state index is 6.16. The molecule has 0 aliphatic rings. The van der Waals surface area contributed by atoms with Crippen LogP contribution in [-0.4, -0.2) is 30.1 Å². The molecule has 0 saturated heterocycles. The van der Waals surface area contributed by atoms with Gasteiger partial charge >= 0.3 is 0 Å². The zero-order valence-electron chi connectivity index (χ0n) is 11.0. The van der Waals surface area contributed by atoms with E-state index in [0.717, 1.165) is 13.0 Å². The molecule has 0 amide bonds. The van der Waals surface area contributed by atoms with Gasteiger partial charge in [0.25, 0.3) is 0 Å². The standard InChI is InChI=1S/C12H28N2/c1-8-12(6,13)9-14(7)10(2)11(3,4)5/h10H,8-9,13H2,1-7H3. The molecule has 0 fully saturated rings. The van der Waals surface area contributed by atoms with Crippen molar-refractivity contribution in [2.75, 3.05) is 13.6 Å². The fourth-order valence-electron chi connectivity index (χ4n) is 1.48. The normalized spacial score (nSPS) is 19.5. The van der Waals surface area contributed by atoms with Crippen molar-refractivity contribution in [1.29, 1.82) is 0 Å². The van der Waals surface area contributed by atoms with Gasteiger partial charge in [0.05, 0.1) is 0 Å². The molecule has 14 heavy (non-hydrogen) atoms. The van der Waals surface area contributed by atoms with Crippen molar-refractivity contribution < 1.29 is 0 Å². The molecule has 2 nitrogen and oxygen atoms in total. The molecular formula is C12H28N2. The van der Waals surface area contributed by atoms with Crippen LogP contribution in [0.4, 0.5) is 0 Å². The molecule has 86 valence electrons. The van der Waals surface area contributed by atoms with Crippen molar-refractivity contribution in [2.24, 2.45) is 11.1 Å². The first-order chi connectivity index (χ1) is 6.10. The summed E-state index contributed by atoms with van der Waals surface area (Å²) in [5.74, 6) is 0. The van der Waals surface area contributed by atoms with E-state index in [2.05, 4.69) is 53.5 Å². The van der Waals surface area contributed by atoms with E-state index < -0.39 is 0 Å². The van der Waals surface area contributed by atoms with Gasteiger partial charge in [0.15, 0.2) is 0 Å². The monoisotopic (exact) mass is 200 g/mol. The summed E-state index contributed by atoms with van der Waals surface area (Å²) in [6.07, 6.45) is 1.02. The minimum absolute atomic E-state index is 0.0612. The third kappa shape index (κ3) is 4.43. The summed E-state index contributed by atoms with van der Waals surface area (Å²) < 4.78 is 0. The van der Waals surface area contributed by atoms with E-state index in [4.69, 9.17) is 5.73 Å². The largest absolute Gasteiger partial charge is 0.324 e. The molecule has 0 saturated carbocycles. The maximum Gasteiger partial charge on any atom is 0.0252 e. The van der Waals surface area contributed by atoms with E-state index in [1.165, 1.54) is 0 Å². The Labute approximate surface area is 89.9 Å². The number of nitrogens with zero attached hydrogens (tertiary/aromatic N) is 1. The fraction of sp³-hybridized carbons (Fsp3) is 1.00. The lowest BCUT2D eigenvalue weighted by atomic mass is 9.86. The smallest absolute Gasteiger partial charge is 0.0252 e. The number of hydrogen-bond acceptors (Lipinski definition) is 2. The van der Waals surface area contributed by atoms with Crippen molar-refractivity contribution >= 4 is 0 Å². The van der Waals surface area contributed by atoms with Crippen LogP contribution in [0.1, 0.15) is 48.0 Å². The Morgan fingerprint density at radius 1 is 1.21 bits per heavy atom. The summed E-state index contributed by atoms with van der Waals surface area (Å²) in [4.78, 5) is 2.36. The number of likely N-dealkylation sites (N-methyl/N-ethyl adjacent to an activating group) is 1. The Balaban J connectivity index is 4.28. The molecule has 2 atom stereocenters. The maximum absolute atomic E-state index is 6.16. The topological polar surface area (TPSA) is 29.3 Å². The van der Waals surface area contributed by atoms with Crippen LogP contribution in [0.25, 0.3) is 0 Å². The molecule has 2 unspecified atom stereocenters. The minimum atomic E-state index is -0.0612. The SMILES string of the molecule is CCC(C)(N)CN(C)C(C)C(C)(C)C. The van der Waals surface area contributed by atoms with Gasteiger partial charge < -0.3 is 10.6 Å². The summed E-state index contributed by atoms with van der Waals surface area (Å²) >= 11 is 0. The van der Waals surface area contributed by atoms with Crippen LogP contribution in [0.3, 0.4) is 0 Å². The molecule has 0 spiro atoms. The van der Waals surface area contributed by atoms with Crippen LogP contribution in [0.2, 0.25) is 0 Å². The Morgan fingerprint density at radius 2 is 1.64 bits per heavy atom. The lowest BCUT2D eigenvalue weighted by Gasteiger charge is -2.39. The molecule has 0 aromatic rings. The summed E-state index contributed by atoms with van der Waals surface area (Å²) in [7, 11) is 2.16. The van der Waals surface area contributed by atoms with Crippen LogP contribution in [0.5, 0.6) is 0 Å². The quantitative estimate of drug-likeness (QED) is 0.755. The van der Waals surface area contributed by atoms with E-state index in [1.54, 1.807) is 0 Å². The molecule has 0 bridgehead atoms. The predicted octanol–water partition coefficient (Wildman–Crippen LogP) is 2.48. The molecule has 2 N–H and O–H groups in total. The van der Waals surface area contributed by atoms with Gasteiger partial charge in [0.1, 0.15) is 0 Å². The second-order valence-corrected chi connectivity index (χ2v) is 5.96. The Kier molecular flexibility index (Phi) is 4.60. The Bertz CT molecular complexity index is 168. The third-order valence-electron chi connectivity index (χ3n) is 3.33. The van der Waals surface area contributed by atoms with Crippen molar-refractivity contribution in [1.82, 2.24) is 4.90 Å². The van der Waals surface area contributed by atoms with Crippen molar-refractivity contribution in [3.8, 4) is 0 Å². The van der Waals surface area contributed by atoms with Crippen LogP contribution in [0, 0.1) is 5.41 Å². The summed E-state index contributed by atoms with van der Waals surface area (Å²) in [6.45, 7) is 14.3. The molecule has 0 heterocycles. The number of nitrogens with two attached hydrogens (primary N) is 1. The van der Waals surface area contributed by atoms with E-state index >= 15 is 0 Å². The van der Waals surface area contributed by atoms with Gasteiger partial charge in [-0.2, -0.15) is 0 Å². The Morgan fingerprint density at radius 3 is 1.93 bits per heavy atom. The first kappa shape index (κ1) is 13.9. The van der Waals surface area contributed by atoms with Crippen molar-refractivity contribution in [3.63, 3.8) is 0 Å². The number of rotatable bonds is 4. The van der Waals surface area contributed by atoms with Gasteiger partial charge in [-0.1, -0.05) is 27.7 Å². The van der Waals surface area contributed by atoms with E-state index in [0.29, 0.717) is 11.5 Å². The van der Waals surface area contributed by atoms with Gasteiger partial charge in [-0.15, -0.1) is 0 Å². The van der Waals surface area contributed by atoms with E-state index in [1.807, 2.05) is 0 Å². The lowest BCUT2D eigenvalue weighted by Crippen LogP contribution is -2.51. The molecule has 0 rings (SSSR count). The highest BCUT2D eigenvalue weighted by molar-refractivity contribution is 4.85. The average Bonchev–Trinajstić information content (AvgIpc) is 2.00. The fourth-order valence-corrected chi connectivity index (χ4v) is 1.48. The predicted molar refractivity (Wildman–Crippen MR) is 64.4 cm³/mol. The van der Waals surface area contributed by atoms with Gasteiger partial charge in [0, 0.05) is 18.1 Å².